The number of pyridine rings is 1. The first-order valence-corrected chi connectivity index (χ1v) is 10.6. The molecule has 0 saturated carbocycles. The third kappa shape index (κ3) is 4.42. The molecule has 2 aromatic rings. The highest BCUT2D eigenvalue weighted by molar-refractivity contribution is 6.03. The average molecular weight is 394 g/mol. The number of carbonyl (C=O) groups is 1. The Morgan fingerprint density at radius 1 is 1.07 bits per heavy atom. The topological polar surface area (TPSA) is 45.7 Å². The Kier molecular flexibility index (Phi) is 5.81. The minimum atomic E-state index is -0.510. The van der Waals surface area contributed by atoms with Crippen LogP contribution in [0.4, 0.5) is 0 Å². The maximum Gasteiger partial charge on any atom is 0.184 e. The second kappa shape index (κ2) is 8.34. The monoisotopic (exact) mass is 393 g/mol. The van der Waals surface area contributed by atoms with Crippen molar-refractivity contribution in [3.05, 3.63) is 66.0 Å². The maximum absolute atomic E-state index is 13.7. The van der Waals surface area contributed by atoms with Gasteiger partial charge >= 0.3 is 0 Å². The van der Waals surface area contributed by atoms with E-state index in [-0.39, 0.29) is 11.4 Å². The second-order valence-electron chi connectivity index (χ2n) is 8.89. The molecule has 3 heterocycles. The number of ether oxygens (including phenoxy) is 1. The van der Waals surface area contributed by atoms with Gasteiger partial charge in [-0.1, -0.05) is 30.3 Å². The molecule has 1 aromatic carbocycles. The quantitative estimate of drug-likeness (QED) is 0.729. The fraction of sp³-hybridized carbons (Fsp3) is 0.500. The van der Waals surface area contributed by atoms with Gasteiger partial charge in [-0.2, -0.15) is 0 Å². The molecule has 1 aromatic heterocycles. The molecule has 1 atom stereocenters. The number of benzene rings is 1. The first-order chi connectivity index (χ1) is 14.0. The van der Waals surface area contributed by atoms with Gasteiger partial charge in [0.1, 0.15) is 0 Å². The van der Waals surface area contributed by atoms with Crippen molar-refractivity contribution in [1.82, 2.24) is 14.8 Å². The minimum Gasteiger partial charge on any atom is -0.375 e. The summed E-state index contributed by atoms with van der Waals surface area (Å²) in [5.74, 6) is 0.193. The van der Waals surface area contributed by atoms with E-state index in [2.05, 4.69) is 59.0 Å². The van der Waals surface area contributed by atoms with Crippen molar-refractivity contribution in [2.45, 2.75) is 44.4 Å². The summed E-state index contributed by atoms with van der Waals surface area (Å²) < 4.78 is 5.99. The molecule has 2 aliphatic rings. The van der Waals surface area contributed by atoms with Crippen LogP contribution in [-0.2, 0) is 11.3 Å². The SMILES string of the molecule is CC1(C)CC(C(=O)c2cccnc2)(N2CCN(Cc3ccccc3)CC2)CCO1. The molecule has 2 fully saturated rings. The lowest BCUT2D eigenvalue weighted by molar-refractivity contribution is -0.113. The normalized spacial score (nSPS) is 25.6. The first kappa shape index (κ1) is 20.2. The van der Waals surface area contributed by atoms with Crippen LogP contribution in [0.25, 0.3) is 0 Å². The number of ketones is 1. The third-order valence-electron chi connectivity index (χ3n) is 6.30. The summed E-state index contributed by atoms with van der Waals surface area (Å²) in [6.07, 6.45) is 4.88. The molecule has 5 nitrogen and oxygen atoms in total. The summed E-state index contributed by atoms with van der Waals surface area (Å²) in [7, 11) is 0. The molecule has 0 aliphatic carbocycles. The molecule has 0 spiro atoms. The predicted octanol–water partition coefficient (Wildman–Crippen LogP) is 3.41. The average Bonchev–Trinajstić information content (AvgIpc) is 2.74. The number of aromatic nitrogens is 1. The van der Waals surface area contributed by atoms with Gasteiger partial charge in [0, 0.05) is 63.7 Å². The molecule has 2 saturated heterocycles. The Morgan fingerprint density at radius 2 is 1.83 bits per heavy atom. The highest BCUT2D eigenvalue weighted by Crippen LogP contribution is 2.39. The zero-order valence-electron chi connectivity index (χ0n) is 17.5. The summed E-state index contributed by atoms with van der Waals surface area (Å²) >= 11 is 0. The van der Waals surface area contributed by atoms with Gasteiger partial charge < -0.3 is 4.74 Å². The molecule has 5 heteroatoms. The maximum atomic E-state index is 13.7. The van der Waals surface area contributed by atoms with Crippen LogP contribution in [0.15, 0.2) is 54.9 Å². The summed E-state index contributed by atoms with van der Waals surface area (Å²) in [6.45, 7) is 9.52. The zero-order chi connectivity index (χ0) is 20.3. The summed E-state index contributed by atoms with van der Waals surface area (Å²) in [4.78, 5) is 22.8. The highest BCUT2D eigenvalue weighted by atomic mass is 16.5. The Morgan fingerprint density at radius 3 is 2.48 bits per heavy atom. The second-order valence-corrected chi connectivity index (χ2v) is 8.89. The first-order valence-electron chi connectivity index (χ1n) is 10.6. The number of rotatable bonds is 5. The van der Waals surface area contributed by atoms with Crippen molar-refractivity contribution >= 4 is 5.78 Å². The molecule has 0 N–H and O–H groups in total. The Hall–Kier alpha value is -2.08. The molecule has 29 heavy (non-hydrogen) atoms. The van der Waals surface area contributed by atoms with Crippen LogP contribution in [0.5, 0.6) is 0 Å². The van der Waals surface area contributed by atoms with E-state index in [1.165, 1.54) is 5.56 Å². The van der Waals surface area contributed by atoms with Crippen molar-refractivity contribution in [1.29, 1.82) is 0 Å². The summed E-state index contributed by atoms with van der Waals surface area (Å²) in [5, 5.41) is 0. The van der Waals surface area contributed by atoms with Gasteiger partial charge in [-0.3, -0.25) is 19.6 Å². The van der Waals surface area contributed by atoms with E-state index in [0.717, 1.165) is 39.1 Å². The summed E-state index contributed by atoms with van der Waals surface area (Å²) in [5.41, 5.74) is 1.23. The predicted molar refractivity (Wildman–Crippen MR) is 114 cm³/mol. The van der Waals surface area contributed by atoms with Gasteiger partial charge in [-0.05, 0) is 38.0 Å². The number of piperazine rings is 1. The number of hydrogen-bond donors (Lipinski definition) is 0. The van der Waals surface area contributed by atoms with Gasteiger partial charge in [0.25, 0.3) is 0 Å². The lowest BCUT2D eigenvalue weighted by Gasteiger charge is -2.52. The van der Waals surface area contributed by atoms with E-state index in [1.54, 1.807) is 12.4 Å². The molecule has 0 amide bonds. The van der Waals surface area contributed by atoms with Crippen LogP contribution in [0.3, 0.4) is 0 Å². The Bertz CT molecular complexity index is 817. The fourth-order valence-electron chi connectivity index (χ4n) is 4.89. The van der Waals surface area contributed by atoms with Gasteiger partial charge in [0.05, 0.1) is 11.1 Å². The number of hydrogen-bond acceptors (Lipinski definition) is 5. The van der Waals surface area contributed by atoms with E-state index in [0.29, 0.717) is 18.6 Å². The van der Waals surface area contributed by atoms with Crippen LogP contribution in [0, 0.1) is 0 Å². The van der Waals surface area contributed by atoms with Crippen LogP contribution >= 0.6 is 0 Å². The fourth-order valence-corrected chi connectivity index (χ4v) is 4.89. The third-order valence-corrected chi connectivity index (χ3v) is 6.30. The van der Waals surface area contributed by atoms with E-state index in [1.807, 2.05) is 12.1 Å². The van der Waals surface area contributed by atoms with Gasteiger partial charge in [0.2, 0.25) is 0 Å². The molecule has 0 bridgehead atoms. The largest absolute Gasteiger partial charge is 0.375 e. The van der Waals surface area contributed by atoms with Crippen molar-refractivity contribution in [2.24, 2.45) is 0 Å². The molecule has 154 valence electrons. The molecule has 2 aliphatic heterocycles. The van der Waals surface area contributed by atoms with Crippen LogP contribution in [0.1, 0.15) is 42.6 Å². The lowest BCUT2D eigenvalue weighted by atomic mass is 9.74. The zero-order valence-corrected chi connectivity index (χ0v) is 17.5. The van der Waals surface area contributed by atoms with Crippen molar-refractivity contribution in [3.63, 3.8) is 0 Å². The summed E-state index contributed by atoms with van der Waals surface area (Å²) in [6, 6.07) is 14.4. The van der Waals surface area contributed by atoms with E-state index in [4.69, 9.17) is 4.74 Å². The highest BCUT2D eigenvalue weighted by Gasteiger charge is 2.50. The lowest BCUT2D eigenvalue weighted by Crippen LogP contribution is -2.65. The van der Waals surface area contributed by atoms with Gasteiger partial charge in [-0.25, -0.2) is 0 Å². The molecular weight excluding hydrogens is 362 g/mol. The molecule has 1 unspecified atom stereocenters. The standard InChI is InChI=1S/C24H31N3O2/c1-23(2)19-24(10-16-29-23,22(28)21-9-6-11-25-17-21)27-14-12-26(13-15-27)18-20-7-4-3-5-8-20/h3-9,11,17H,10,12-16,18-19H2,1-2H3. The van der Waals surface area contributed by atoms with Crippen LogP contribution in [0.2, 0.25) is 0 Å². The van der Waals surface area contributed by atoms with Crippen molar-refractivity contribution in [3.8, 4) is 0 Å². The minimum absolute atomic E-state index is 0.193. The van der Waals surface area contributed by atoms with E-state index >= 15 is 0 Å². The van der Waals surface area contributed by atoms with Crippen LogP contribution in [-0.4, -0.2) is 64.5 Å². The Balaban J connectivity index is 1.52. The molecular formula is C24H31N3O2. The van der Waals surface area contributed by atoms with E-state index < -0.39 is 5.54 Å². The van der Waals surface area contributed by atoms with Crippen molar-refractivity contribution < 1.29 is 9.53 Å². The number of Topliss-reactive ketones (excluding diaryl/α,β-unsaturated/α-hetero) is 1. The Labute approximate surface area is 173 Å². The number of nitrogens with zero attached hydrogens (tertiary/aromatic N) is 3. The molecule has 0 radical (unpaired) electrons. The van der Waals surface area contributed by atoms with E-state index in [9.17, 15) is 4.79 Å². The van der Waals surface area contributed by atoms with Crippen LogP contribution < -0.4 is 0 Å². The van der Waals surface area contributed by atoms with Crippen molar-refractivity contribution in [2.75, 3.05) is 32.8 Å². The van der Waals surface area contributed by atoms with Gasteiger partial charge in [0.15, 0.2) is 5.78 Å². The molecule has 4 rings (SSSR count). The smallest absolute Gasteiger partial charge is 0.184 e. The number of carbonyl (C=O) groups excluding carboxylic acids is 1. The van der Waals surface area contributed by atoms with Gasteiger partial charge in [-0.15, -0.1) is 0 Å².